The molecule has 0 fully saturated rings. The van der Waals surface area contributed by atoms with Crippen LogP contribution in [0.25, 0.3) is 33.3 Å². The maximum Gasteiger partial charge on any atom is 0.287 e. The van der Waals surface area contributed by atoms with Gasteiger partial charge in [0.1, 0.15) is 11.6 Å². The molecule has 0 bridgehead atoms. The number of nitrogens with two attached hydrogens (primary N) is 2. The number of rotatable bonds is 6. The molecule has 1 amide bonds. The lowest BCUT2D eigenvalue weighted by Crippen LogP contribution is -2.30. The molecule has 5 N–H and O–H groups in total. The largest absolute Gasteiger partial charge is 0.348 e. The second kappa shape index (κ2) is 11.5. The molecular formula is C26H29F2N5O. The Morgan fingerprint density at radius 2 is 1.41 bits per heavy atom. The first-order chi connectivity index (χ1) is 16.4. The molecule has 4 aromatic rings. The van der Waals surface area contributed by atoms with Crippen molar-refractivity contribution in [3.05, 3.63) is 78.1 Å². The number of carbonyl (C=O) groups is 1. The first-order valence-electron chi connectivity index (χ1n) is 11.1. The van der Waals surface area contributed by atoms with Gasteiger partial charge in [0.15, 0.2) is 5.82 Å². The van der Waals surface area contributed by atoms with Crippen LogP contribution in [0.2, 0.25) is 0 Å². The van der Waals surface area contributed by atoms with Crippen molar-refractivity contribution in [2.45, 2.75) is 13.3 Å². The summed E-state index contributed by atoms with van der Waals surface area (Å²) in [6.45, 7) is 3.56. The predicted octanol–water partition coefficient (Wildman–Crippen LogP) is 4.23. The molecule has 34 heavy (non-hydrogen) atoms. The summed E-state index contributed by atoms with van der Waals surface area (Å²) >= 11 is 0. The van der Waals surface area contributed by atoms with E-state index in [2.05, 4.69) is 17.2 Å². The zero-order chi connectivity index (χ0) is 24.7. The van der Waals surface area contributed by atoms with Crippen molar-refractivity contribution in [2.24, 2.45) is 18.5 Å². The molecule has 6 nitrogen and oxygen atoms in total. The van der Waals surface area contributed by atoms with Crippen LogP contribution in [0.5, 0.6) is 0 Å². The van der Waals surface area contributed by atoms with E-state index in [1.54, 1.807) is 35.9 Å². The zero-order valence-electron chi connectivity index (χ0n) is 19.3. The molecule has 0 aliphatic rings. The standard InChI is InChI=1S/C23H20F2N4O.C3H9N/c1-29-21-13-19(15-4-8-17(25)9-5-15)18(14-2-6-16(24)7-3-14)12-20(21)28-22(29)23(30)27-11-10-26;1-2-3-4/h2-9,12-13H,10-11,26H2,1H3,(H,27,30);2-4H2,1H3. The van der Waals surface area contributed by atoms with Gasteiger partial charge in [-0.1, -0.05) is 31.2 Å². The van der Waals surface area contributed by atoms with Crippen LogP contribution in [0.15, 0.2) is 60.7 Å². The van der Waals surface area contributed by atoms with E-state index in [-0.39, 0.29) is 23.4 Å². The fourth-order valence-corrected chi connectivity index (χ4v) is 3.44. The van der Waals surface area contributed by atoms with Gasteiger partial charge in [0.05, 0.1) is 11.0 Å². The van der Waals surface area contributed by atoms with Crippen molar-refractivity contribution in [3.8, 4) is 22.3 Å². The minimum atomic E-state index is -0.333. The summed E-state index contributed by atoms with van der Waals surface area (Å²) in [5.41, 5.74) is 15.1. The van der Waals surface area contributed by atoms with E-state index < -0.39 is 0 Å². The molecular weight excluding hydrogens is 436 g/mol. The van der Waals surface area contributed by atoms with E-state index in [0.717, 1.165) is 40.7 Å². The van der Waals surface area contributed by atoms with E-state index in [0.29, 0.717) is 18.6 Å². The Morgan fingerprint density at radius 1 is 0.912 bits per heavy atom. The van der Waals surface area contributed by atoms with E-state index in [4.69, 9.17) is 11.5 Å². The highest BCUT2D eigenvalue weighted by Crippen LogP contribution is 2.36. The molecule has 0 radical (unpaired) electrons. The summed E-state index contributed by atoms with van der Waals surface area (Å²) in [6, 6.07) is 16.1. The number of imidazole rings is 1. The molecule has 0 atom stereocenters. The number of amides is 1. The van der Waals surface area contributed by atoms with Gasteiger partial charge >= 0.3 is 0 Å². The monoisotopic (exact) mass is 465 g/mol. The highest BCUT2D eigenvalue weighted by molar-refractivity contribution is 5.98. The van der Waals surface area contributed by atoms with Gasteiger partial charge in [0.2, 0.25) is 0 Å². The van der Waals surface area contributed by atoms with Crippen LogP contribution in [-0.4, -0.2) is 35.1 Å². The minimum absolute atomic E-state index is 0.264. The molecule has 8 heteroatoms. The van der Waals surface area contributed by atoms with Crippen molar-refractivity contribution in [3.63, 3.8) is 0 Å². The normalized spacial score (nSPS) is 10.6. The molecule has 4 rings (SSSR count). The summed E-state index contributed by atoms with van der Waals surface area (Å²) in [5.74, 6) is -0.715. The number of aromatic nitrogens is 2. The van der Waals surface area contributed by atoms with Crippen molar-refractivity contribution in [2.75, 3.05) is 19.6 Å². The molecule has 1 aromatic heterocycles. The van der Waals surface area contributed by atoms with Crippen LogP contribution >= 0.6 is 0 Å². The van der Waals surface area contributed by atoms with Crippen molar-refractivity contribution < 1.29 is 13.6 Å². The Morgan fingerprint density at radius 3 is 1.88 bits per heavy atom. The minimum Gasteiger partial charge on any atom is -0.348 e. The Bertz CT molecular complexity index is 1250. The second-order valence-electron chi connectivity index (χ2n) is 7.73. The maximum atomic E-state index is 13.5. The predicted molar refractivity (Wildman–Crippen MR) is 132 cm³/mol. The smallest absolute Gasteiger partial charge is 0.287 e. The lowest BCUT2D eigenvalue weighted by molar-refractivity contribution is 0.0942. The molecule has 1 heterocycles. The highest BCUT2D eigenvalue weighted by Gasteiger charge is 2.18. The molecule has 0 aliphatic carbocycles. The number of aryl methyl sites for hydroxylation is 1. The number of fused-ring (bicyclic) bond motifs is 1. The van der Waals surface area contributed by atoms with E-state index in [9.17, 15) is 13.6 Å². The van der Waals surface area contributed by atoms with Crippen molar-refractivity contribution in [1.29, 1.82) is 0 Å². The number of nitrogens with zero attached hydrogens (tertiary/aromatic N) is 2. The molecule has 0 saturated heterocycles. The fraction of sp³-hybridized carbons (Fsp3) is 0.231. The third kappa shape index (κ3) is 5.65. The van der Waals surface area contributed by atoms with Gasteiger partial charge in [-0.3, -0.25) is 4.79 Å². The number of benzene rings is 3. The third-order valence-electron chi connectivity index (χ3n) is 5.25. The van der Waals surface area contributed by atoms with Crippen LogP contribution in [-0.2, 0) is 7.05 Å². The number of halogens is 2. The zero-order valence-corrected chi connectivity index (χ0v) is 19.3. The number of nitrogens with one attached hydrogen (secondary N) is 1. The first kappa shape index (κ1) is 25.0. The first-order valence-corrected chi connectivity index (χ1v) is 11.1. The molecule has 0 unspecified atom stereocenters. The number of hydrogen-bond acceptors (Lipinski definition) is 4. The Hall–Kier alpha value is -3.62. The number of hydrogen-bond donors (Lipinski definition) is 3. The molecule has 0 saturated carbocycles. The molecule has 0 aliphatic heterocycles. The summed E-state index contributed by atoms with van der Waals surface area (Å²) < 4.78 is 28.6. The van der Waals surface area contributed by atoms with Crippen molar-refractivity contribution >= 4 is 16.9 Å². The van der Waals surface area contributed by atoms with Gasteiger partial charge in [-0.2, -0.15) is 0 Å². The summed E-state index contributed by atoms with van der Waals surface area (Å²) in [5, 5.41) is 2.72. The highest BCUT2D eigenvalue weighted by atomic mass is 19.1. The summed E-state index contributed by atoms with van der Waals surface area (Å²) in [7, 11) is 1.76. The summed E-state index contributed by atoms with van der Waals surface area (Å²) in [4.78, 5) is 16.9. The van der Waals surface area contributed by atoms with Gasteiger partial charge in [0, 0.05) is 20.1 Å². The second-order valence-corrected chi connectivity index (χ2v) is 7.73. The average molecular weight is 466 g/mol. The van der Waals surface area contributed by atoms with Gasteiger partial charge in [-0.25, -0.2) is 13.8 Å². The van der Waals surface area contributed by atoms with E-state index in [1.165, 1.54) is 24.3 Å². The molecule has 0 spiro atoms. The average Bonchev–Trinajstić information content (AvgIpc) is 3.18. The Labute approximate surface area is 197 Å². The van der Waals surface area contributed by atoms with Crippen LogP contribution in [0, 0.1) is 11.6 Å². The third-order valence-corrected chi connectivity index (χ3v) is 5.25. The quantitative estimate of drug-likeness (QED) is 0.397. The van der Waals surface area contributed by atoms with Gasteiger partial charge < -0.3 is 21.4 Å². The van der Waals surface area contributed by atoms with Crippen molar-refractivity contribution in [1.82, 2.24) is 14.9 Å². The lowest BCUT2D eigenvalue weighted by atomic mass is 9.94. The van der Waals surface area contributed by atoms with Crippen LogP contribution in [0.4, 0.5) is 8.78 Å². The lowest BCUT2D eigenvalue weighted by Gasteiger charge is -2.12. The van der Waals surface area contributed by atoms with Crippen LogP contribution < -0.4 is 16.8 Å². The SMILES string of the molecule is CCCN.Cn1c(C(=O)NCCN)nc2cc(-c3ccc(F)cc3)c(-c3ccc(F)cc3)cc21. The number of carbonyl (C=O) groups excluding carboxylic acids is 1. The van der Waals surface area contributed by atoms with Crippen LogP contribution in [0.3, 0.4) is 0 Å². The van der Waals surface area contributed by atoms with Gasteiger partial charge in [-0.05, 0) is 71.6 Å². The fourth-order valence-electron chi connectivity index (χ4n) is 3.44. The van der Waals surface area contributed by atoms with Gasteiger partial charge in [-0.15, -0.1) is 0 Å². The molecule has 3 aromatic carbocycles. The van der Waals surface area contributed by atoms with E-state index >= 15 is 0 Å². The maximum absolute atomic E-state index is 13.5. The Kier molecular flexibility index (Phi) is 8.45. The topological polar surface area (TPSA) is 99.0 Å². The summed E-state index contributed by atoms with van der Waals surface area (Å²) in [6.07, 6.45) is 1.10. The molecule has 178 valence electrons. The Balaban J connectivity index is 0.000000751. The van der Waals surface area contributed by atoms with Crippen LogP contribution in [0.1, 0.15) is 24.0 Å². The van der Waals surface area contributed by atoms with Gasteiger partial charge in [0.25, 0.3) is 5.91 Å². The van der Waals surface area contributed by atoms with E-state index in [1.807, 2.05) is 12.1 Å².